The Morgan fingerprint density at radius 1 is 0.923 bits per heavy atom. The van der Waals surface area contributed by atoms with Gasteiger partial charge in [-0.3, -0.25) is 9.79 Å². The van der Waals surface area contributed by atoms with Crippen molar-refractivity contribution in [2.24, 2.45) is 10.9 Å². The zero-order valence-corrected chi connectivity index (χ0v) is 15.4. The van der Waals surface area contributed by atoms with Crippen LogP contribution >= 0.6 is 0 Å². The molecule has 7 nitrogen and oxygen atoms in total. The second kappa shape index (κ2) is 7.95. The maximum Gasteiger partial charge on any atom is 0.338 e. The van der Waals surface area contributed by atoms with Crippen LogP contribution in [0.2, 0.25) is 0 Å². The summed E-state index contributed by atoms with van der Waals surface area (Å²) in [4.78, 5) is 41.5. The number of carbonyl (C=O) groups is 3. The lowest BCUT2D eigenvalue weighted by Gasteiger charge is -2.31. The summed E-state index contributed by atoms with van der Waals surface area (Å²) in [6.45, 7) is 3.35. The molecule has 0 fully saturated rings. The predicted octanol–water partition coefficient (Wildman–Crippen LogP) is 2.27. The summed E-state index contributed by atoms with van der Waals surface area (Å²) in [6.07, 6.45) is 0. The van der Waals surface area contributed by atoms with Crippen LogP contribution in [0.5, 0.6) is 0 Å². The summed E-state index contributed by atoms with van der Waals surface area (Å²) >= 11 is 0. The topological polar surface area (TPSA) is 91.3 Å². The normalized spacial score (nSPS) is 19.5. The standard InChI is InChI=1S/C19H21NO6/c1-10-14(18(22)25-4)16(15(11(2)20-10)19(23)26-5)12-8-6-7-9-13(12)17(21)24-3/h6-9,14,16H,1-5H3. The van der Waals surface area contributed by atoms with Gasteiger partial charge in [-0.25, -0.2) is 9.59 Å². The molecule has 0 radical (unpaired) electrons. The first-order valence-electron chi connectivity index (χ1n) is 7.96. The van der Waals surface area contributed by atoms with Crippen LogP contribution in [0.4, 0.5) is 0 Å². The van der Waals surface area contributed by atoms with Crippen LogP contribution in [-0.2, 0) is 23.8 Å². The molecule has 26 heavy (non-hydrogen) atoms. The van der Waals surface area contributed by atoms with Gasteiger partial charge in [0.2, 0.25) is 0 Å². The number of hydrogen-bond acceptors (Lipinski definition) is 7. The van der Waals surface area contributed by atoms with Gasteiger partial charge in [0.05, 0.1) is 32.5 Å². The third-order valence-corrected chi connectivity index (χ3v) is 4.39. The fourth-order valence-electron chi connectivity index (χ4n) is 3.24. The van der Waals surface area contributed by atoms with Crippen LogP contribution in [0.25, 0.3) is 0 Å². The molecular weight excluding hydrogens is 338 g/mol. The molecule has 0 aromatic heterocycles. The van der Waals surface area contributed by atoms with Gasteiger partial charge >= 0.3 is 17.9 Å². The fourth-order valence-corrected chi connectivity index (χ4v) is 3.24. The lowest BCUT2D eigenvalue weighted by atomic mass is 9.74. The number of aliphatic imine (C=N–C) groups is 1. The van der Waals surface area contributed by atoms with Crippen molar-refractivity contribution in [1.29, 1.82) is 0 Å². The molecule has 1 aliphatic rings. The number of carbonyl (C=O) groups excluding carboxylic acids is 3. The minimum absolute atomic E-state index is 0.213. The van der Waals surface area contributed by atoms with Gasteiger partial charge < -0.3 is 14.2 Å². The molecule has 1 aromatic carbocycles. The number of methoxy groups -OCH3 is 3. The number of esters is 3. The van der Waals surface area contributed by atoms with Gasteiger partial charge in [0.25, 0.3) is 0 Å². The molecule has 138 valence electrons. The first-order chi connectivity index (χ1) is 12.4. The third kappa shape index (κ3) is 3.37. The van der Waals surface area contributed by atoms with E-state index in [-0.39, 0.29) is 11.1 Å². The predicted molar refractivity (Wildman–Crippen MR) is 93.9 cm³/mol. The molecular formula is C19H21NO6. The second-order valence-electron chi connectivity index (χ2n) is 5.80. The third-order valence-electron chi connectivity index (χ3n) is 4.39. The molecule has 7 heteroatoms. The molecule has 1 aliphatic heterocycles. The second-order valence-corrected chi connectivity index (χ2v) is 5.80. The van der Waals surface area contributed by atoms with Crippen molar-refractivity contribution in [1.82, 2.24) is 0 Å². The largest absolute Gasteiger partial charge is 0.468 e. The quantitative estimate of drug-likeness (QED) is 0.605. The fraction of sp³-hybridized carbons (Fsp3) is 0.368. The Kier molecular flexibility index (Phi) is 5.92. The smallest absolute Gasteiger partial charge is 0.338 e. The highest BCUT2D eigenvalue weighted by molar-refractivity contribution is 6.07. The summed E-state index contributed by atoms with van der Waals surface area (Å²) in [5.74, 6) is -3.36. The van der Waals surface area contributed by atoms with Gasteiger partial charge in [-0.15, -0.1) is 0 Å². The van der Waals surface area contributed by atoms with Crippen LogP contribution in [0.3, 0.4) is 0 Å². The summed E-state index contributed by atoms with van der Waals surface area (Å²) in [6, 6.07) is 6.67. The number of hydrogen-bond donors (Lipinski definition) is 0. The molecule has 0 saturated heterocycles. The molecule has 2 rings (SSSR count). The van der Waals surface area contributed by atoms with Crippen molar-refractivity contribution in [2.45, 2.75) is 19.8 Å². The van der Waals surface area contributed by atoms with Crippen LogP contribution in [0, 0.1) is 5.92 Å². The summed E-state index contributed by atoms with van der Waals surface area (Å²) in [7, 11) is 3.79. The molecule has 2 atom stereocenters. The van der Waals surface area contributed by atoms with E-state index in [1.807, 2.05) is 0 Å². The van der Waals surface area contributed by atoms with E-state index in [1.54, 1.807) is 38.1 Å². The van der Waals surface area contributed by atoms with E-state index in [2.05, 4.69) is 4.99 Å². The highest BCUT2D eigenvalue weighted by atomic mass is 16.5. The lowest BCUT2D eigenvalue weighted by molar-refractivity contribution is -0.143. The van der Waals surface area contributed by atoms with Gasteiger partial charge in [0.15, 0.2) is 0 Å². The van der Waals surface area contributed by atoms with Crippen LogP contribution in [0.15, 0.2) is 40.5 Å². The van der Waals surface area contributed by atoms with E-state index in [4.69, 9.17) is 14.2 Å². The van der Waals surface area contributed by atoms with Gasteiger partial charge in [0, 0.05) is 17.3 Å². The van der Waals surface area contributed by atoms with E-state index in [1.165, 1.54) is 21.3 Å². The Bertz CT molecular complexity index is 808. The molecule has 1 heterocycles. The summed E-state index contributed by atoms with van der Waals surface area (Å²) in [5, 5.41) is 0. The zero-order valence-electron chi connectivity index (χ0n) is 15.4. The molecule has 2 unspecified atom stereocenters. The molecule has 0 bridgehead atoms. The minimum atomic E-state index is -0.858. The maximum absolute atomic E-state index is 12.5. The number of ether oxygens (including phenoxy) is 3. The zero-order chi connectivity index (χ0) is 19.4. The molecule has 0 aliphatic carbocycles. The number of rotatable bonds is 4. The van der Waals surface area contributed by atoms with Crippen molar-refractivity contribution in [3.8, 4) is 0 Å². The van der Waals surface area contributed by atoms with E-state index in [0.717, 1.165) is 0 Å². The van der Waals surface area contributed by atoms with E-state index < -0.39 is 29.7 Å². The summed E-state index contributed by atoms with van der Waals surface area (Å²) in [5.41, 5.74) is 1.87. The highest BCUT2D eigenvalue weighted by Gasteiger charge is 2.43. The average Bonchev–Trinajstić information content (AvgIpc) is 2.65. The molecule has 0 saturated carbocycles. The Hall–Kier alpha value is -2.96. The summed E-state index contributed by atoms with van der Waals surface area (Å²) < 4.78 is 14.7. The minimum Gasteiger partial charge on any atom is -0.468 e. The Morgan fingerprint density at radius 3 is 2.12 bits per heavy atom. The number of nitrogens with zero attached hydrogens (tertiary/aromatic N) is 1. The maximum atomic E-state index is 12.5. The number of benzene rings is 1. The van der Waals surface area contributed by atoms with Gasteiger partial charge in [-0.05, 0) is 25.5 Å². The van der Waals surface area contributed by atoms with E-state index >= 15 is 0 Å². The highest BCUT2D eigenvalue weighted by Crippen LogP contribution is 2.41. The van der Waals surface area contributed by atoms with Crippen molar-refractivity contribution in [2.75, 3.05) is 21.3 Å². The lowest BCUT2D eigenvalue weighted by Crippen LogP contribution is -2.36. The monoisotopic (exact) mass is 359 g/mol. The van der Waals surface area contributed by atoms with Gasteiger partial charge in [-0.1, -0.05) is 18.2 Å². The van der Waals surface area contributed by atoms with E-state index in [9.17, 15) is 14.4 Å². The Morgan fingerprint density at radius 2 is 1.54 bits per heavy atom. The number of allylic oxidation sites excluding steroid dienone is 1. The molecule has 0 spiro atoms. The van der Waals surface area contributed by atoms with Gasteiger partial charge in [-0.2, -0.15) is 0 Å². The van der Waals surface area contributed by atoms with Gasteiger partial charge in [0.1, 0.15) is 5.92 Å². The molecule has 0 amide bonds. The Labute approximate surface area is 151 Å². The van der Waals surface area contributed by atoms with Crippen LogP contribution in [0.1, 0.15) is 35.7 Å². The van der Waals surface area contributed by atoms with Crippen LogP contribution in [-0.4, -0.2) is 44.9 Å². The molecule has 1 aromatic rings. The molecule has 0 N–H and O–H groups in total. The van der Waals surface area contributed by atoms with Crippen LogP contribution < -0.4 is 0 Å². The van der Waals surface area contributed by atoms with E-state index in [0.29, 0.717) is 17.0 Å². The van der Waals surface area contributed by atoms with Crippen molar-refractivity contribution >= 4 is 23.6 Å². The SMILES string of the molecule is COC(=O)C1=C(C)N=C(C)C(C(=O)OC)C1c1ccccc1C(=O)OC. The van der Waals surface area contributed by atoms with Crippen molar-refractivity contribution in [3.63, 3.8) is 0 Å². The first kappa shape index (κ1) is 19.4. The van der Waals surface area contributed by atoms with Crippen molar-refractivity contribution < 1.29 is 28.6 Å². The Balaban J connectivity index is 2.78. The van der Waals surface area contributed by atoms with Crippen molar-refractivity contribution in [3.05, 3.63) is 46.7 Å². The average molecular weight is 359 g/mol. The first-order valence-corrected chi connectivity index (χ1v) is 7.96.